The highest BCUT2D eigenvalue weighted by atomic mass is 16.5. The van der Waals surface area contributed by atoms with E-state index in [2.05, 4.69) is 29.4 Å². The second-order valence-electron chi connectivity index (χ2n) is 11.6. The fraction of sp³-hybridized carbons (Fsp3) is 0.724. The van der Waals surface area contributed by atoms with Crippen LogP contribution in [0.25, 0.3) is 0 Å². The number of methoxy groups -OCH3 is 1. The maximum Gasteiger partial charge on any atom is 0.251 e. The molecule has 3 fully saturated rings. The maximum atomic E-state index is 13.0. The van der Waals surface area contributed by atoms with E-state index in [4.69, 9.17) is 9.47 Å². The lowest BCUT2D eigenvalue weighted by Gasteiger charge is -2.56. The molecule has 0 unspecified atom stereocenters. The van der Waals surface area contributed by atoms with E-state index in [1.54, 1.807) is 31.4 Å². The van der Waals surface area contributed by atoms with Gasteiger partial charge in [-0.15, -0.1) is 0 Å². The van der Waals surface area contributed by atoms with Crippen LogP contribution in [0.5, 0.6) is 5.75 Å². The lowest BCUT2D eigenvalue weighted by atomic mass is 9.51. The molecule has 3 aliphatic rings. The van der Waals surface area contributed by atoms with Gasteiger partial charge in [0.05, 0.1) is 26.4 Å². The Morgan fingerprint density at radius 2 is 1.86 bits per heavy atom. The Labute approximate surface area is 221 Å². The van der Waals surface area contributed by atoms with Crippen molar-refractivity contribution in [3.8, 4) is 5.75 Å². The first-order valence-electron chi connectivity index (χ1n) is 13.9. The van der Waals surface area contributed by atoms with E-state index in [0.717, 1.165) is 58.5 Å². The van der Waals surface area contributed by atoms with E-state index in [-0.39, 0.29) is 46.9 Å². The number of morpholine rings is 1. The van der Waals surface area contributed by atoms with Crippen molar-refractivity contribution in [2.45, 2.75) is 58.6 Å². The minimum absolute atomic E-state index is 0.0151. The minimum atomic E-state index is -0.575. The summed E-state index contributed by atoms with van der Waals surface area (Å²) in [5, 5.41) is 18.0. The molecule has 0 radical (unpaired) electrons. The SMILES string of the molecule is COc1ccc(C(=O)N[C@H]2CC[C@]3(C)CC[C@@H]([C@H](C)C(=O)NCCN4CCOCC4)[C@H](O)[C@H]3[C@@H]2C)cc1. The molecule has 0 spiro atoms. The number of hydrogen-bond donors (Lipinski definition) is 3. The Morgan fingerprint density at radius 1 is 1.19 bits per heavy atom. The van der Waals surface area contributed by atoms with E-state index < -0.39 is 6.10 Å². The minimum Gasteiger partial charge on any atom is -0.497 e. The summed E-state index contributed by atoms with van der Waals surface area (Å²) in [5.41, 5.74) is 0.620. The Bertz CT molecular complexity index is 919. The van der Waals surface area contributed by atoms with Crippen LogP contribution in [0.2, 0.25) is 0 Å². The van der Waals surface area contributed by atoms with E-state index in [0.29, 0.717) is 17.9 Å². The van der Waals surface area contributed by atoms with Gasteiger partial charge >= 0.3 is 0 Å². The summed E-state index contributed by atoms with van der Waals surface area (Å²) in [5.74, 6) is 0.437. The number of carbonyl (C=O) groups excluding carboxylic acids is 2. The number of aliphatic hydroxyl groups is 1. The zero-order valence-electron chi connectivity index (χ0n) is 22.9. The zero-order chi connectivity index (χ0) is 26.6. The molecule has 37 heavy (non-hydrogen) atoms. The second kappa shape index (κ2) is 12.1. The van der Waals surface area contributed by atoms with Crippen LogP contribution in [-0.4, -0.2) is 80.5 Å². The fourth-order valence-corrected chi connectivity index (χ4v) is 7.01. The summed E-state index contributed by atoms with van der Waals surface area (Å²) in [4.78, 5) is 28.3. The van der Waals surface area contributed by atoms with Gasteiger partial charge in [0.2, 0.25) is 5.91 Å². The van der Waals surface area contributed by atoms with Crippen LogP contribution in [0.15, 0.2) is 24.3 Å². The molecule has 1 heterocycles. The number of benzene rings is 1. The predicted molar refractivity (Wildman–Crippen MR) is 142 cm³/mol. The number of nitrogens with zero attached hydrogens (tertiary/aromatic N) is 1. The summed E-state index contributed by atoms with van der Waals surface area (Å²) in [6.07, 6.45) is 3.12. The van der Waals surface area contributed by atoms with E-state index in [1.807, 2.05) is 6.92 Å². The van der Waals surface area contributed by atoms with Gasteiger partial charge in [-0.25, -0.2) is 0 Å². The lowest BCUT2D eigenvalue weighted by molar-refractivity contribution is -0.142. The molecule has 1 saturated heterocycles. The Balaban J connectivity index is 1.35. The summed E-state index contributed by atoms with van der Waals surface area (Å²) in [6, 6.07) is 7.12. The van der Waals surface area contributed by atoms with Crippen LogP contribution in [0.3, 0.4) is 0 Å². The molecule has 2 aliphatic carbocycles. The van der Waals surface area contributed by atoms with Crippen LogP contribution in [0.4, 0.5) is 0 Å². The quantitative estimate of drug-likeness (QED) is 0.492. The van der Waals surface area contributed by atoms with Crippen LogP contribution in [0.1, 0.15) is 56.8 Å². The first kappa shape index (κ1) is 27.9. The smallest absolute Gasteiger partial charge is 0.251 e. The molecule has 0 bridgehead atoms. The molecule has 0 aromatic heterocycles. The Morgan fingerprint density at radius 3 is 2.54 bits per heavy atom. The van der Waals surface area contributed by atoms with Crippen molar-refractivity contribution in [2.75, 3.05) is 46.5 Å². The number of aliphatic hydroxyl groups excluding tert-OH is 1. The molecular weight excluding hydrogens is 470 g/mol. The topological polar surface area (TPSA) is 100 Å². The molecule has 8 nitrogen and oxygen atoms in total. The average molecular weight is 516 g/mol. The summed E-state index contributed by atoms with van der Waals surface area (Å²) in [6.45, 7) is 11.1. The van der Waals surface area contributed by atoms with Crippen molar-refractivity contribution in [2.24, 2.45) is 29.1 Å². The van der Waals surface area contributed by atoms with Gasteiger partial charge in [0.25, 0.3) is 5.91 Å². The number of nitrogens with one attached hydrogen (secondary N) is 2. The summed E-state index contributed by atoms with van der Waals surface area (Å²) >= 11 is 0. The number of fused-ring (bicyclic) bond motifs is 1. The van der Waals surface area contributed by atoms with Gasteiger partial charge in [-0.3, -0.25) is 14.5 Å². The number of rotatable bonds is 8. The molecule has 3 N–H and O–H groups in total. The van der Waals surface area contributed by atoms with Crippen LogP contribution >= 0.6 is 0 Å². The largest absolute Gasteiger partial charge is 0.497 e. The average Bonchev–Trinajstić information content (AvgIpc) is 2.90. The monoisotopic (exact) mass is 515 g/mol. The van der Waals surface area contributed by atoms with Gasteiger partial charge in [-0.2, -0.15) is 0 Å². The molecule has 8 heteroatoms. The van der Waals surface area contributed by atoms with E-state index >= 15 is 0 Å². The number of carbonyl (C=O) groups is 2. The summed E-state index contributed by atoms with van der Waals surface area (Å²) < 4.78 is 10.6. The molecule has 4 rings (SSSR count). The first-order valence-corrected chi connectivity index (χ1v) is 13.9. The van der Waals surface area contributed by atoms with Crippen LogP contribution in [0, 0.1) is 29.1 Å². The predicted octanol–water partition coefficient (Wildman–Crippen LogP) is 2.70. The normalized spacial score (nSPS) is 33.2. The molecule has 1 aromatic carbocycles. The number of amides is 2. The highest BCUT2D eigenvalue weighted by Gasteiger charge is 2.53. The molecular formula is C29H45N3O5. The van der Waals surface area contributed by atoms with Gasteiger partial charge in [0.1, 0.15) is 5.75 Å². The van der Waals surface area contributed by atoms with E-state index in [1.165, 1.54) is 0 Å². The van der Waals surface area contributed by atoms with Gasteiger partial charge in [0.15, 0.2) is 0 Å². The molecule has 2 saturated carbocycles. The Kier molecular flexibility index (Phi) is 9.14. The van der Waals surface area contributed by atoms with Crippen molar-refractivity contribution in [1.29, 1.82) is 0 Å². The van der Waals surface area contributed by atoms with Crippen molar-refractivity contribution in [3.05, 3.63) is 29.8 Å². The van der Waals surface area contributed by atoms with Gasteiger partial charge in [-0.05, 0) is 73.1 Å². The highest BCUT2D eigenvalue weighted by molar-refractivity contribution is 5.94. The number of hydrogen-bond acceptors (Lipinski definition) is 6. The van der Waals surface area contributed by atoms with Crippen molar-refractivity contribution in [3.63, 3.8) is 0 Å². The van der Waals surface area contributed by atoms with Crippen LogP contribution < -0.4 is 15.4 Å². The fourth-order valence-electron chi connectivity index (χ4n) is 7.01. The van der Waals surface area contributed by atoms with Crippen LogP contribution in [-0.2, 0) is 9.53 Å². The highest BCUT2D eigenvalue weighted by Crippen LogP contribution is 2.55. The standard InChI is InChI=1S/C29H45N3O5/c1-19(27(34)30-13-14-32-15-17-37-18-16-32)23-9-11-29(3)12-10-24(20(2)25(29)26(23)33)31-28(35)21-5-7-22(36-4)8-6-21/h5-8,19-20,23-26,33H,9-18H2,1-4H3,(H,30,34)(H,31,35)/t19-,20+,23-,24-,25+,26-,29-/m0/s1. The van der Waals surface area contributed by atoms with E-state index in [9.17, 15) is 14.7 Å². The maximum absolute atomic E-state index is 13.0. The van der Waals surface area contributed by atoms with Gasteiger partial charge in [0, 0.05) is 43.7 Å². The molecule has 206 valence electrons. The van der Waals surface area contributed by atoms with Crippen molar-refractivity contribution < 1.29 is 24.2 Å². The third-order valence-corrected chi connectivity index (χ3v) is 9.44. The first-order chi connectivity index (χ1) is 17.7. The van der Waals surface area contributed by atoms with Crippen molar-refractivity contribution >= 4 is 11.8 Å². The third-order valence-electron chi connectivity index (χ3n) is 9.44. The zero-order valence-corrected chi connectivity index (χ0v) is 22.9. The molecule has 7 atom stereocenters. The van der Waals surface area contributed by atoms with Gasteiger partial charge < -0.3 is 25.2 Å². The number of ether oxygens (including phenoxy) is 2. The second-order valence-corrected chi connectivity index (χ2v) is 11.6. The lowest BCUT2D eigenvalue weighted by Crippen LogP contribution is -2.58. The molecule has 1 aliphatic heterocycles. The van der Waals surface area contributed by atoms with Gasteiger partial charge in [-0.1, -0.05) is 20.8 Å². The van der Waals surface area contributed by atoms with Crippen molar-refractivity contribution in [1.82, 2.24) is 15.5 Å². The third kappa shape index (κ3) is 6.29. The molecule has 2 amide bonds. The Hall–Kier alpha value is -2.16. The molecule has 1 aromatic rings. The summed E-state index contributed by atoms with van der Waals surface area (Å²) in [7, 11) is 1.61.